The molecule has 0 aliphatic carbocycles. The molecule has 2 atom stereocenters. The number of piperidine rings is 1. The van der Waals surface area contributed by atoms with E-state index in [9.17, 15) is 15.2 Å². The van der Waals surface area contributed by atoms with E-state index in [2.05, 4.69) is 11.0 Å². The minimum atomic E-state index is -0.136. The molecule has 2 bridgehead atoms. The molecule has 29 heavy (non-hydrogen) atoms. The molecule has 0 radical (unpaired) electrons. The Bertz CT molecular complexity index is 1090. The van der Waals surface area contributed by atoms with Crippen LogP contribution in [-0.2, 0) is 13.1 Å². The largest absolute Gasteiger partial charge is 0.733 e. The first kappa shape index (κ1) is 18.2. The summed E-state index contributed by atoms with van der Waals surface area (Å²) in [7, 11) is 0. The Hall–Kier alpha value is -2.87. The van der Waals surface area contributed by atoms with E-state index in [4.69, 9.17) is 4.42 Å². The molecular formula is C22H22N3O4-. The van der Waals surface area contributed by atoms with E-state index in [1.165, 1.54) is 0 Å². The van der Waals surface area contributed by atoms with Crippen molar-refractivity contribution in [1.82, 2.24) is 9.47 Å². The zero-order valence-corrected chi connectivity index (χ0v) is 15.9. The number of fused-ring (bicyclic) bond motifs is 4. The summed E-state index contributed by atoms with van der Waals surface area (Å²) in [5.41, 5.74) is 1.94. The standard InChI is InChI=1S/C22H22N3O4/c26-22-7-3-6-19-16-10-15(12-24(19)22)11-23(13-16)14-17-8-9-21(29-17)18-4-1-2-5-20(18)25(27)28/h1-9,15-16,27H,10-14H2/q-1/t15-,16+/m0/s1. The highest BCUT2D eigenvalue weighted by Gasteiger charge is 2.34. The summed E-state index contributed by atoms with van der Waals surface area (Å²) >= 11 is 0. The molecule has 2 aromatic heterocycles. The first-order valence-corrected chi connectivity index (χ1v) is 9.85. The summed E-state index contributed by atoms with van der Waals surface area (Å²) in [4.78, 5) is 14.5. The summed E-state index contributed by atoms with van der Waals surface area (Å²) in [6.07, 6.45) is 1.12. The summed E-state index contributed by atoms with van der Waals surface area (Å²) in [6, 6.07) is 16.1. The number of furan rings is 1. The number of nitrogens with zero attached hydrogens (tertiary/aromatic N) is 3. The van der Waals surface area contributed by atoms with Crippen LogP contribution < -0.4 is 10.8 Å². The number of pyridine rings is 1. The zero-order chi connectivity index (χ0) is 20.0. The van der Waals surface area contributed by atoms with E-state index in [0.29, 0.717) is 29.7 Å². The molecule has 0 unspecified atom stereocenters. The lowest BCUT2D eigenvalue weighted by molar-refractivity contribution is 0.108. The maximum Gasteiger partial charge on any atom is 0.250 e. The van der Waals surface area contributed by atoms with Crippen LogP contribution in [-0.4, -0.2) is 27.8 Å². The summed E-state index contributed by atoms with van der Waals surface area (Å²) in [6.45, 7) is 3.26. The minimum absolute atomic E-state index is 0.0938. The molecule has 1 saturated heterocycles. The number of para-hydroxylation sites is 1. The average molecular weight is 392 g/mol. The van der Waals surface area contributed by atoms with Crippen molar-refractivity contribution in [3.63, 3.8) is 0 Å². The van der Waals surface area contributed by atoms with Crippen molar-refractivity contribution in [3.8, 4) is 11.3 Å². The topological polar surface area (TPSA) is 84.9 Å². The van der Waals surface area contributed by atoms with Gasteiger partial charge in [-0.05, 0) is 42.7 Å². The smallest absolute Gasteiger partial charge is 0.250 e. The van der Waals surface area contributed by atoms with Gasteiger partial charge in [0.2, 0.25) is 0 Å². The van der Waals surface area contributed by atoms with Crippen LogP contribution in [0.25, 0.3) is 11.3 Å². The van der Waals surface area contributed by atoms with Crippen LogP contribution in [0.15, 0.2) is 63.8 Å². The highest BCUT2D eigenvalue weighted by atomic mass is 16.8. The Morgan fingerprint density at radius 3 is 2.79 bits per heavy atom. The molecular weight excluding hydrogens is 370 g/mol. The molecule has 1 aromatic carbocycles. The van der Waals surface area contributed by atoms with Crippen LogP contribution in [0.3, 0.4) is 0 Å². The minimum Gasteiger partial charge on any atom is -0.733 e. The fourth-order valence-electron chi connectivity index (χ4n) is 4.80. The lowest BCUT2D eigenvalue weighted by Gasteiger charge is -2.42. The van der Waals surface area contributed by atoms with Gasteiger partial charge in [0.15, 0.2) is 0 Å². The van der Waals surface area contributed by atoms with Gasteiger partial charge in [-0.25, -0.2) is 0 Å². The van der Waals surface area contributed by atoms with E-state index in [1.54, 1.807) is 30.3 Å². The molecule has 2 aliphatic rings. The third kappa shape index (κ3) is 3.37. The van der Waals surface area contributed by atoms with Gasteiger partial charge in [0.1, 0.15) is 11.5 Å². The molecule has 1 N–H and O–H groups in total. The second kappa shape index (κ2) is 7.18. The third-order valence-electron chi connectivity index (χ3n) is 5.97. The SMILES string of the molecule is O=c1cccc2n1C[C@H]1C[C@@H]2CN(Cc2ccc(-c3ccccc3N([O-])O)o2)C1. The second-order valence-corrected chi connectivity index (χ2v) is 7.95. The second-order valence-electron chi connectivity index (χ2n) is 7.95. The van der Waals surface area contributed by atoms with Crippen molar-refractivity contribution < 1.29 is 9.62 Å². The fourth-order valence-corrected chi connectivity index (χ4v) is 4.80. The van der Waals surface area contributed by atoms with Crippen LogP contribution in [0.1, 0.15) is 23.8 Å². The fraction of sp³-hybridized carbons (Fsp3) is 0.318. The van der Waals surface area contributed by atoms with Crippen LogP contribution in [0.4, 0.5) is 5.69 Å². The monoisotopic (exact) mass is 392 g/mol. The Balaban J connectivity index is 1.35. The van der Waals surface area contributed by atoms with Crippen LogP contribution >= 0.6 is 0 Å². The lowest BCUT2D eigenvalue weighted by Crippen LogP contribution is -2.46. The summed E-state index contributed by atoms with van der Waals surface area (Å²) in [5.74, 6) is 2.19. The number of anilines is 1. The third-order valence-corrected chi connectivity index (χ3v) is 5.97. The molecule has 4 heterocycles. The highest BCUT2D eigenvalue weighted by molar-refractivity contribution is 5.74. The van der Waals surface area contributed by atoms with Gasteiger partial charge in [0.25, 0.3) is 5.56 Å². The Morgan fingerprint density at radius 2 is 1.93 bits per heavy atom. The molecule has 0 spiro atoms. The van der Waals surface area contributed by atoms with Crippen LogP contribution in [0.5, 0.6) is 0 Å². The number of rotatable bonds is 4. The van der Waals surface area contributed by atoms with Crippen molar-refractivity contribution in [1.29, 1.82) is 0 Å². The predicted molar refractivity (Wildman–Crippen MR) is 109 cm³/mol. The average Bonchev–Trinajstić information content (AvgIpc) is 3.17. The van der Waals surface area contributed by atoms with Crippen molar-refractivity contribution in [2.75, 3.05) is 18.3 Å². The molecule has 0 amide bonds. The van der Waals surface area contributed by atoms with Gasteiger partial charge in [-0.2, -0.15) is 0 Å². The first-order chi connectivity index (χ1) is 14.1. The maximum absolute atomic E-state index is 12.2. The molecule has 0 saturated carbocycles. The van der Waals surface area contributed by atoms with E-state index >= 15 is 0 Å². The highest BCUT2D eigenvalue weighted by Crippen LogP contribution is 2.36. The van der Waals surface area contributed by atoms with Gasteiger partial charge >= 0.3 is 0 Å². The number of hydrogen-bond donors (Lipinski definition) is 1. The first-order valence-electron chi connectivity index (χ1n) is 9.85. The number of hydrogen-bond acceptors (Lipinski definition) is 6. The summed E-state index contributed by atoms with van der Waals surface area (Å²) in [5, 5.41) is 20.6. The molecule has 7 heteroatoms. The van der Waals surface area contributed by atoms with Crippen molar-refractivity contribution in [3.05, 3.63) is 81.6 Å². The van der Waals surface area contributed by atoms with E-state index < -0.39 is 0 Å². The quantitative estimate of drug-likeness (QED) is 0.685. The number of aromatic nitrogens is 1. The number of benzene rings is 1. The van der Waals surface area contributed by atoms with Crippen molar-refractivity contribution >= 4 is 5.69 Å². The van der Waals surface area contributed by atoms with Gasteiger partial charge in [-0.1, -0.05) is 18.2 Å². The normalized spacial score (nSPS) is 21.0. The summed E-state index contributed by atoms with van der Waals surface area (Å²) < 4.78 is 7.93. The van der Waals surface area contributed by atoms with Gasteiger partial charge < -0.3 is 19.4 Å². The van der Waals surface area contributed by atoms with Crippen molar-refractivity contribution in [2.24, 2.45) is 5.92 Å². The van der Waals surface area contributed by atoms with E-state index in [-0.39, 0.29) is 16.5 Å². The Labute approximate surface area is 167 Å². The van der Waals surface area contributed by atoms with Gasteiger partial charge in [0.05, 0.1) is 12.2 Å². The zero-order valence-electron chi connectivity index (χ0n) is 15.9. The van der Waals surface area contributed by atoms with Crippen molar-refractivity contribution in [2.45, 2.75) is 25.4 Å². The molecule has 2 aliphatic heterocycles. The van der Waals surface area contributed by atoms with Crippen LogP contribution in [0.2, 0.25) is 0 Å². The van der Waals surface area contributed by atoms with E-state index in [1.807, 2.05) is 22.8 Å². The van der Waals surface area contributed by atoms with Gasteiger partial charge in [-0.15, -0.1) is 0 Å². The number of likely N-dealkylation sites (tertiary alicyclic amines) is 1. The predicted octanol–water partition coefficient (Wildman–Crippen LogP) is 3.42. The van der Waals surface area contributed by atoms with E-state index in [0.717, 1.165) is 37.5 Å². The Kier molecular flexibility index (Phi) is 4.50. The molecule has 5 rings (SSSR count). The molecule has 7 nitrogen and oxygen atoms in total. The molecule has 150 valence electrons. The van der Waals surface area contributed by atoms with Gasteiger partial charge in [0, 0.05) is 42.9 Å². The maximum atomic E-state index is 12.2. The molecule has 1 fully saturated rings. The lowest BCUT2D eigenvalue weighted by atomic mass is 9.83. The van der Waals surface area contributed by atoms with Gasteiger partial charge in [-0.3, -0.25) is 14.9 Å². The van der Waals surface area contributed by atoms with Crippen LogP contribution in [0, 0.1) is 11.1 Å². The molecule has 3 aromatic rings. The Morgan fingerprint density at radius 1 is 1.07 bits per heavy atom.